The van der Waals surface area contributed by atoms with Crippen LogP contribution in [0.5, 0.6) is 5.75 Å². The quantitative estimate of drug-likeness (QED) is 0.787. The van der Waals surface area contributed by atoms with Gasteiger partial charge in [-0.15, -0.1) is 0 Å². The van der Waals surface area contributed by atoms with Crippen molar-refractivity contribution in [3.8, 4) is 5.75 Å². The molecule has 0 amide bonds. The highest BCUT2D eigenvalue weighted by Crippen LogP contribution is 2.40. The van der Waals surface area contributed by atoms with Crippen LogP contribution in [0.2, 0.25) is 10.0 Å². The average molecular weight is 350 g/mol. The second-order valence-corrected chi connectivity index (χ2v) is 7.13. The van der Waals surface area contributed by atoms with Crippen molar-refractivity contribution in [2.45, 2.75) is 24.8 Å². The summed E-state index contributed by atoms with van der Waals surface area (Å²) >= 11 is 12.3. The summed E-state index contributed by atoms with van der Waals surface area (Å²) in [5.41, 5.74) is 3.91. The van der Waals surface area contributed by atoms with Crippen molar-refractivity contribution in [1.82, 2.24) is 4.90 Å². The van der Waals surface area contributed by atoms with Gasteiger partial charge in [0.1, 0.15) is 5.75 Å². The van der Waals surface area contributed by atoms with Gasteiger partial charge in [-0.1, -0.05) is 41.4 Å². The lowest BCUT2D eigenvalue weighted by Gasteiger charge is -2.38. The molecule has 2 unspecified atom stereocenters. The summed E-state index contributed by atoms with van der Waals surface area (Å²) in [4.78, 5) is 2.30. The SMILES string of the molecule is COc1cccc2c1CC(c1ccc(Cl)c(Cl)c1)C(N(C)C)C2. The Morgan fingerprint density at radius 2 is 1.83 bits per heavy atom. The summed E-state index contributed by atoms with van der Waals surface area (Å²) in [6, 6.07) is 12.7. The van der Waals surface area contributed by atoms with Crippen LogP contribution in [-0.4, -0.2) is 32.1 Å². The second kappa shape index (κ2) is 6.72. The van der Waals surface area contributed by atoms with Crippen molar-refractivity contribution in [2.75, 3.05) is 21.2 Å². The van der Waals surface area contributed by atoms with E-state index in [-0.39, 0.29) is 0 Å². The molecular weight excluding hydrogens is 329 g/mol. The van der Waals surface area contributed by atoms with E-state index in [1.807, 2.05) is 18.2 Å². The molecule has 2 atom stereocenters. The van der Waals surface area contributed by atoms with E-state index in [9.17, 15) is 0 Å². The monoisotopic (exact) mass is 349 g/mol. The molecule has 0 saturated carbocycles. The van der Waals surface area contributed by atoms with Crippen LogP contribution < -0.4 is 4.74 Å². The zero-order valence-electron chi connectivity index (χ0n) is 13.6. The fourth-order valence-electron chi connectivity index (χ4n) is 3.57. The predicted octanol–water partition coefficient (Wildman–Crippen LogP) is 4.81. The van der Waals surface area contributed by atoms with Crippen LogP contribution in [-0.2, 0) is 12.8 Å². The number of halogens is 2. The van der Waals surface area contributed by atoms with Crippen LogP contribution >= 0.6 is 23.2 Å². The number of ether oxygens (including phenoxy) is 1. The van der Waals surface area contributed by atoms with Gasteiger partial charge in [-0.05, 0) is 61.8 Å². The third-order valence-corrected chi connectivity index (χ3v) is 5.54. The molecule has 2 nitrogen and oxygen atoms in total. The van der Waals surface area contributed by atoms with Crippen molar-refractivity contribution in [2.24, 2.45) is 0 Å². The molecule has 3 rings (SSSR count). The zero-order valence-corrected chi connectivity index (χ0v) is 15.2. The van der Waals surface area contributed by atoms with E-state index in [1.54, 1.807) is 7.11 Å². The van der Waals surface area contributed by atoms with E-state index in [1.165, 1.54) is 16.7 Å². The molecular formula is C19H21Cl2NO. The van der Waals surface area contributed by atoms with Gasteiger partial charge in [0.25, 0.3) is 0 Å². The van der Waals surface area contributed by atoms with Crippen molar-refractivity contribution in [3.05, 3.63) is 63.1 Å². The molecule has 23 heavy (non-hydrogen) atoms. The van der Waals surface area contributed by atoms with Gasteiger partial charge in [0.2, 0.25) is 0 Å². The lowest BCUT2D eigenvalue weighted by Crippen LogP contribution is -2.40. The summed E-state index contributed by atoms with van der Waals surface area (Å²) < 4.78 is 5.57. The molecule has 0 bridgehead atoms. The van der Waals surface area contributed by atoms with E-state index >= 15 is 0 Å². The van der Waals surface area contributed by atoms with Crippen LogP contribution in [0.25, 0.3) is 0 Å². The maximum Gasteiger partial charge on any atom is 0.122 e. The minimum absolute atomic E-state index is 0.364. The van der Waals surface area contributed by atoms with Crippen LogP contribution in [0, 0.1) is 0 Å². The lowest BCUT2D eigenvalue weighted by atomic mass is 9.76. The van der Waals surface area contributed by atoms with Crippen LogP contribution in [0.15, 0.2) is 36.4 Å². The van der Waals surface area contributed by atoms with Crippen LogP contribution in [0.4, 0.5) is 0 Å². The Morgan fingerprint density at radius 3 is 2.48 bits per heavy atom. The van der Waals surface area contributed by atoms with Crippen molar-refractivity contribution in [3.63, 3.8) is 0 Å². The minimum atomic E-state index is 0.364. The van der Waals surface area contributed by atoms with Gasteiger partial charge < -0.3 is 9.64 Å². The molecule has 0 radical (unpaired) electrons. The maximum absolute atomic E-state index is 6.25. The van der Waals surface area contributed by atoms with Gasteiger partial charge in [0, 0.05) is 12.0 Å². The summed E-state index contributed by atoms with van der Waals surface area (Å²) in [6.07, 6.45) is 1.95. The minimum Gasteiger partial charge on any atom is -0.496 e. The fourth-order valence-corrected chi connectivity index (χ4v) is 3.88. The van der Waals surface area contributed by atoms with Crippen LogP contribution in [0.3, 0.4) is 0 Å². The summed E-state index contributed by atoms with van der Waals surface area (Å²) in [7, 11) is 6.02. The first kappa shape index (κ1) is 16.6. The van der Waals surface area contributed by atoms with E-state index in [0.717, 1.165) is 18.6 Å². The average Bonchev–Trinajstić information content (AvgIpc) is 2.55. The molecule has 0 heterocycles. The molecule has 0 aliphatic heterocycles. The molecule has 1 aliphatic rings. The third-order valence-electron chi connectivity index (χ3n) is 4.80. The molecule has 1 aliphatic carbocycles. The normalized spacial score (nSPS) is 20.4. The number of rotatable bonds is 3. The maximum atomic E-state index is 6.25. The Labute approximate surface area is 148 Å². The topological polar surface area (TPSA) is 12.5 Å². The predicted molar refractivity (Wildman–Crippen MR) is 97.1 cm³/mol. The van der Waals surface area contributed by atoms with E-state index < -0.39 is 0 Å². The highest BCUT2D eigenvalue weighted by molar-refractivity contribution is 6.42. The first-order valence-corrected chi connectivity index (χ1v) is 8.53. The Bertz CT molecular complexity index is 715. The van der Waals surface area contributed by atoms with Crippen molar-refractivity contribution >= 4 is 23.2 Å². The van der Waals surface area contributed by atoms with Crippen molar-refractivity contribution < 1.29 is 4.74 Å². The number of fused-ring (bicyclic) bond motifs is 1. The Kier molecular flexibility index (Phi) is 4.86. The molecule has 2 aromatic rings. The second-order valence-electron chi connectivity index (χ2n) is 6.32. The molecule has 0 N–H and O–H groups in total. The van der Waals surface area contributed by atoms with E-state index in [0.29, 0.717) is 22.0 Å². The van der Waals surface area contributed by atoms with Crippen LogP contribution in [0.1, 0.15) is 22.6 Å². The molecule has 4 heteroatoms. The smallest absolute Gasteiger partial charge is 0.122 e. The highest BCUT2D eigenvalue weighted by Gasteiger charge is 2.32. The molecule has 122 valence electrons. The first-order chi connectivity index (χ1) is 11.0. The van der Waals surface area contributed by atoms with E-state index in [2.05, 4.69) is 37.2 Å². The zero-order chi connectivity index (χ0) is 16.6. The summed E-state index contributed by atoms with van der Waals surface area (Å²) in [6.45, 7) is 0. The van der Waals surface area contributed by atoms with Crippen molar-refractivity contribution in [1.29, 1.82) is 0 Å². The molecule has 0 fully saturated rings. The number of likely N-dealkylation sites (N-methyl/N-ethyl adjacent to an activating group) is 1. The Morgan fingerprint density at radius 1 is 1.04 bits per heavy atom. The van der Waals surface area contributed by atoms with Gasteiger partial charge >= 0.3 is 0 Å². The van der Waals surface area contributed by atoms with E-state index in [4.69, 9.17) is 27.9 Å². The Balaban J connectivity index is 2.05. The number of hydrogen-bond donors (Lipinski definition) is 0. The highest BCUT2D eigenvalue weighted by atomic mass is 35.5. The molecule has 0 saturated heterocycles. The molecule has 0 spiro atoms. The fraction of sp³-hybridized carbons (Fsp3) is 0.368. The largest absolute Gasteiger partial charge is 0.496 e. The van der Waals surface area contributed by atoms with Gasteiger partial charge in [-0.2, -0.15) is 0 Å². The standard InChI is InChI=1S/C19H21Cl2NO/c1-22(2)18-10-12-5-4-6-19(23-3)15(12)11-14(18)13-7-8-16(20)17(21)9-13/h4-9,14,18H,10-11H2,1-3H3. The van der Waals surface area contributed by atoms with Gasteiger partial charge in [0.15, 0.2) is 0 Å². The number of hydrogen-bond acceptors (Lipinski definition) is 2. The summed E-state index contributed by atoms with van der Waals surface area (Å²) in [5, 5.41) is 1.22. The van der Waals surface area contributed by atoms with Gasteiger partial charge in [0.05, 0.1) is 17.2 Å². The lowest BCUT2D eigenvalue weighted by molar-refractivity contribution is 0.237. The number of methoxy groups -OCH3 is 1. The Hall–Kier alpha value is -1.22. The summed E-state index contributed by atoms with van der Waals surface area (Å²) in [5.74, 6) is 1.34. The third kappa shape index (κ3) is 3.21. The number of benzene rings is 2. The number of nitrogens with zero attached hydrogens (tertiary/aromatic N) is 1. The van der Waals surface area contributed by atoms with Gasteiger partial charge in [-0.25, -0.2) is 0 Å². The molecule has 2 aromatic carbocycles. The van der Waals surface area contributed by atoms with Gasteiger partial charge in [-0.3, -0.25) is 0 Å². The molecule has 0 aromatic heterocycles. The first-order valence-electron chi connectivity index (χ1n) is 7.77.